The van der Waals surface area contributed by atoms with Gasteiger partial charge in [0.1, 0.15) is 13.2 Å². The van der Waals surface area contributed by atoms with Crippen LogP contribution in [-0.4, -0.2) is 73.4 Å². The molecule has 61 heavy (non-hydrogen) atoms. The van der Waals surface area contributed by atoms with E-state index in [1.165, 1.54) is 212 Å². The summed E-state index contributed by atoms with van der Waals surface area (Å²) in [7, 11) is 1.63. The van der Waals surface area contributed by atoms with Crippen molar-refractivity contribution in [1.29, 1.82) is 0 Å². The highest BCUT2D eigenvalue weighted by Gasteiger charge is 2.28. The van der Waals surface area contributed by atoms with E-state index >= 15 is 0 Å². The van der Waals surface area contributed by atoms with Gasteiger partial charge in [0.15, 0.2) is 0 Å². The Hall–Kier alpha value is -0.500. The zero-order chi connectivity index (χ0) is 45.0. The summed E-state index contributed by atoms with van der Waals surface area (Å²) in [5, 5.41) is 14.0. The number of aliphatic hydroxyl groups is 1. The molecule has 0 rings (SSSR count). The van der Waals surface area contributed by atoms with E-state index in [0.29, 0.717) is 23.9 Å². The average molecular weight is 888 g/mol. The van der Waals surface area contributed by atoms with Crippen molar-refractivity contribution in [2.24, 2.45) is 0 Å². The molecule has 0 aromatic rings. The van der Waals surface area contributed by atoms with Gasteiger partial charge >= 0.3 is 7.82 Å². The Morgan fingerprint density at radius 3 is 1.10 bits per heavy atom. The van der Waals surface area contributed by atoms with Gasteiger partial charge in [0.2, 0.25) is 5.91 Å². The number of quaternary nitrogens is 1. The molecule has 8 nitrogen and oxygen atoms in total. The van der Waals surface area contributed by atoms with Crippen LogP contribution in [0.15, 0.2) is 0 Å². The molecule has 0 aliphatic heterocycles. The summed E-state index contributed by atoms with van der Waals surface area (Å²) in [4.78, 5) is 23.2. The van der Waals surface area contributed by atoms with Crippen LogP contribution in [0.5, 0.6) is 0 Å². The van der Waals surface area contributed by atoms with E-state index < -0.39 is 20.0 Å². The lowest BCUT2D eigenvalue weighted by molar-refractivity contribution is -0.870. The van der Waals surface area contributed by atoms with E-state index in [2.05, 4.69) is 19.2 Å². The molecule has 366 valence electrons. The maximum atomic E-state index is 12.9. The number of carbonyl (C=O) groups is 1. The number of phosphoric ester groups is 1. The summed E-state index contributed by atoms with van der Waals surface area (Å²) in [5.74, 6) is -0.139. The molecule has 9 heteroatoms. The lowest BCUT2D eigenvalue weighted by atomic mass is 10.0. The number of nitrogens with one attached hydrogen (secondary N) is 1. The summed E-state index contributed by atoms with van der Waals surface area (Å²) in [5.41, 5.74) is 0. The van der Waals surface area contributed by atoms with Gasteiger partial charge in [-0.1, -0.05) is 258 Å². The second kappa shape index (κ2) is 44.7. The normalized spacial score (nSPS) is 14.0. The molecule has 0 aliphatic rings. The van der Waals surface area contributed by atoms with Crippen LogP contribution in [0.4, 0.5) is 0 Å². The van der Waals surface area contributed by atoms with E-state index in [9.17, 15) is 19.4 Å². The van der Waals surface area contributed by atoms with Crippen LogP contribution in [0, 0.1) is 0 Å². The Balaban J connectivity index is 4.12. The van der Waals surface area contributed by atoms with Gasteiger partial charge in [0, 0.05) is 6.42 Å². The Labute approximate surface area is 380 Å². The molecule has 0 heterocycles. The number of amides is 1. The SMILES string of the molecule is CCCCCCCCCCCCCCCCCCCCCCCCCCCC(O)C(COP(=O)(O)OCC[N+](C)(C)C)NC(=O)CCCCCCCCCCCCCCCC. The summed E-state index contributed by atoms with van der Waals surface area (Å²) in [6.07, 6.45) is 51.5. The molecule has 0 aromatic heterocycles. The first-order valence-corrected chi connectivity index (χ1v) is 28.4. The molecule has 3 atom stereocenters. The van der Waals surface area contributed by atoms with Crippen molar-refractivity contribution in [2.75, 3.05) is 40.9 Å². The van der Waals surface area contributed by atoms with Gasteiger partial charge in [0.25, 0.3) is 0 Å². The summed E-state index contributed by atoms with van der Waals surface area (Å²) >= 11 is 0. The zero-order valence-electron chi connectivity index (χ0n) is 41.7. The van der Waals surface area contributed by atoms with Crippen LogP contribution >= 0.6 is 7.82 Å². The molecule has 0 saturated carbocycles. The van der Waals surface area contributed by atoms with Crippen LogP contribution in [0.2, 0.25) is 0 Å². The number of nitrogens with zero attached hydrogens (tertiary/aromatic N) is 1. The Morgan fingerprint density at radius 1 is 0.492 bits per heavy atom. The first-order valence-electron chi connectivity index (χ1n) is 26.9. The highest BCUT2D eigenvalue weighted by molar-refractivity contribution is 7.47. The summed E-state index contributed by atoms with van der Waals surface area (Å²) in [6.45, 7) is 4.93. The second-order valence-electron chi connectivity index (χ2n) is 20.0. The molecule has 0 spiro atoms. The Morgan fingerprint density at radius 2 is 0.787 bits per heavy atom. The van der Waals surface area contributed by atoms with Crippen molar-refractivity contribution in [1.82, 2.24) is 5.32 Å². The van der Waals surface area contributed by atoms with Gasteiger partial charge < -0.3 is 19.8 Å². The molecule has 0 fully saturated rings. The lowest BCUT2D eigenvalue weighted by Gasteiger charge is -2.26. The molecular weight excluding hydrogens is 780 g/mol. The van der Waals surface area contributed by atoms with E-state index in [1.54, 1.807) is 0 Å². The number of phosphoric acid groups is 1. The smallest absolute Gasteiger partial charge is 0.391 e. The van der Waals surface area contributed by atoms with Gasteiger partial charge in [-0.2, -0.15) is 0 Å². The number of hydrogen-bond donors (Lipinski definition) is 3. The minimum atomic E-state index is -4.31. The van der Waals surface area contributed by atoms with Crippen molar-refractivity contribution in [3.05, 3.63) is 0 Å². The third-order valence-corrected chi connectivity index (χ3v) is 13.6. The first-order chi connectivity index (χ1) is 29.5. The fourth-order valence-electron chi connectivity index (χ4n) is 8.34. The number of unbranched alkanes of at least 4 members (excludes halogenated alkanes) is 37. The molecule has 1 amide bonds. The van der Waals surface area contributed by atoms with Crippen molar-refractivity contribution in [3.63, 3.8) is 0 Å². The average Bonchev–Trinajstić information content (AvgIpc) is 3.21. The predicted octanol–water partition coefficient (Wildman–Crippen LogP) is 15.7. The molecule has 0 radical (unpaired) electrons. The molecular formula is C52H108N2O6P+. The first kappa shape index (κ1) is 60.5. The second-order valence-corrected chi connectivity index (χ2v) is 21.4. The minimum Gasteiger partial charge on any atom is -0.391 e. The standard InChI is InChI=1S/C52H107N2O6P/c1-6-8-10-12-14-16-18-20-22-23-24-25-26-27-28-29-30-31-32-33-35-37-39-41-43-45-51(55)50(49-60-61(57,58)59-48-47-54(3,4)5)53-52(56)46-44-42-40-38-36-34-21-19-17-15-13-11-9-7-2/h50-51,55H,6-49H2,1-5H3,(H-,53,56,57,58)/p+1. The third kappa shape index (κ3) is 47.3. The molecule has 0 saturated heterocycles. The van der Waals surface area contributed by atoms with Gasteiger partial charge in [0.05, 0.1) is 39.9 Å². The monoisotopic (exact) mass is 888 g/mol. The fourth-order valence-corrected chi connectivity index (χ4v) is 9.08. The number of hydrogen-bond acceptors (Lipinski definition) is 5. The van der Waals surface area contributed by atoms with E-state index in [4.69, 9.17) is 9.05 Å². The van der Waals surface area contributed by atoms with Gasteiger partial charge in [-0.3, -0.25) is 13.8 Å². The molecule has 0 bridgehead atoms. The summed E-state index contributed by atoms with van der Waals surface area (Å²) in [6, 6.07) is -0.754. The van der Waals surface area contributed by atoms with Crippen LogP contribution in [0.1, 0.15) is 277 Å². The Bertz CT molecular complexity index is 963. The van der Waals surface area contributed by atoms with Crippen LogP contribution in [0.25, 0.3) is 0 Å². The number of likely N-dealkylation sites (N-methyl/N-ethyl adjacent to an activating group) is 1. The van der Waals surface area contributed by atoms with Crippen LogP contribution in [0.3, 0.4) is 0 Å². The Kier molecular flexibility index (Phi) is 44.3. The van der Waals surface area contributed by atoms with Crippen molar-refractivity contribution >= 4 is 13.7 Å². The molecule has 3 N–H and O–H groups in total. The van der Waals surface area contributed by atoms with Gasteiger partial charge in [-0.15, -0.1) is 0 Å². The zero-order valence-corrected chi connectivity index (χ0v) is 42.6. The minimum absolute atomic E-state index is 0.0789. The van der Waals surface area contributed by atoms with Crippen LogP contribution in [-0.2, 0) is 18.4 Å². The van der Waals surface area contributed by atoms with Crippen molar-refractivity contribution in [3.8, 4) is 0 Å². The molecule has 0 aromatic carbocycles. The van der Waals surface area contributed by atoms with Gasteiger partial charge in [-0.05, 0) is 12.8 Å². The van der Waals surface area contributed by atoms with Crippen LogP contribution < -0.4 is 5.32 Å². The highest BCUT2D eigenvalue weighted by Crippen LogP contribution is 2.43. The van der Waals surface area contributed by atoms with E-state index in [1.807, 2.05) is 21.1 Å². The quantitative estimate of drug-likeness (QED) is 0.0319. The van der Waals surface area contributed by atoms with E-state index in [-0.39, 0.29) is 19.1 Å². The topological polar surface area (TPSA) is 105 Å². The predicted molar refractivity (Wildman–Crippen MR) is 263 cm³/mol. The van der Waals surface area contributed by atoms with E-state index in [0.717, 1.165) is 38.5 Å². The number of rotatable bonds is 50. The third-order valence-electron chi connectivity index (χ3n) is 12.6. The molecule has 0 aliphatic carbocycles. The largest absolute Gasteiger partial charge is 0.472 e. The van der Waals surface area contributed by atoms with Gasteiger partial charge in [-0.25, -0.2) is 4.57 Å². The highest BCUT2D eigenvalue weighted by atomic mass is 31.2. The number of carbonyl (C=O) groups excluding carboxylic acids is 1. The number of aliphatic hydroxyl groups excluding tert-OH is 1. The fraction of sp³-hybridized carbons (Fsp3) is 0.981. The maximum Gasteiger partial charge on any atom is 0.472 e. The van der Waals surface area contributed by atoms with Crippen molar-refractivity contribution < 1.29 is 32.9 Å². The molecule has 3 unspecified atom stereocenters. The lowest BCUT2D eigenvalue weighted by Crippen LogP contribution is -2.46. The van der Waals surface area contributed by atoms with Crippen molar-refractivity contribution in [2.45, 2.75) is 289 Å². The maximum absolute atomic E-state index is 12.9. The summed E-state index contributed by atoms with van der Waals surface area (Å²) < 4.78 is 23.7.